The quantitative estimate of drug-likeness (QED) is 0.750. The molecule has 1 fully saturated rings. The second kappa shape index (κ2) is 8.60. The third-order valence-corrected chi connectivity index (χ3v) is 5.51. The van der Waals surface area contributed by atoms with Crippen LogP contribution in [0.4, 0.5) is 0 Å². The highest BCUT2D eigenvalue weighted by Crippen LogP contribution is 2.12. The number of nitrogens with one attached hydrogen (secondary N) is 1. The molecule has 1 saturated heterocycles. The molecule has 0 saturated carbocycles. The second-order valence-corrected chi connectivity index (χ2v) is 8.23. The summed E-state index contributed by atoms with van der Waals surface area (Å²) in [6, 6.07) is 7.65. The van der Waals surface area contributed by atoms with Crippen LogP contribution in [0.25, 0.3) is 0 Å². The van der Waals surface area contributed by atoms with Crippen LogP contribution in [0.2, 0.25) is 0 Å². The van der Waals surface area contributed by atoms with Gasteiger partial charge in [-0.1, -0.05) is 25.5 Å². The van der Waals surface area contributed by atoms with E-state index in [2.05, 4.69) is 17.1 Å². The highest BCUT2D eigenvalue weighted by Gasteiger charge is 2.23. The predicted molar refractivity (Wildman–Crippen MR) is 95.4 cm³/mol. The average Bonchev–Trinajstić information content (AvgIpc) is 2.55. The van der Waals surface area contributed by atoms with Gasteiger partial charge in [0.25, 0.3) is 5.91 Å². The summed E-state index contributed by atoms with van der Waals surface area (Å²) in [6.45, 7) is 5.99. The van der Waals surface area contributed by atoms with Crippen LogP contribution in [0.3, 0.4) is 0 Å². The third-order valence-electron chi connectivity index (χ3n) is 4.21. The second-order valence-electron chi connectivity index (χ2n) is 6.25. The summed E-state index contributed by atoms with van der Waals surface area (Å²) >= 11 is 0. The highest BCUT2D eigenvalue weighted by atomic mass is 32.2. The number of nitrogens with zero attached hydrogens (tertiary/aromatic N) is 2. The van der Waals surface area contributed by atoms with Crippen molar-refractivity contribution in [3.8, 4) is 0 Å². The summed E-state index contributed by atoms with van der Waals surface area (Å²) in [7, 11) is -3.10. The largest absolute Gasteiger partial charge is 0.352 e. The Labute approximate surface area is 144 Å². The van der Waals surface area contributed by atoms with E-state index in [-0.39, 0.29) is 5.91 Å². The Morgan fingerprint density at radius 2 is 1.92 bits per heavy atom. The number of carbonyl (C=O) groups is 1. The first-order chi connectivity index (χ1) is 11.4. The van der Waals surface area contributed by atoms with E-state index in [1.807, 2.05) is 24.3 Å². The van der Waals surface area contributed by atoms with E-state index in [1.165, 1.54) is 10.6 Å². The lowest BCUT2D eigenvalue weighted by Gasteiger charge is -2.33. The number of unbranched alkanes of at least 4 members (excludes halogenated alkanes) is 1. The van der Waals surface area contributed by atoms with Crippen LogP contribution in [-0.4, -0.2) is 62.5 Å². The lowest BCUT2D eigenvalue weighted by atomic mass is 10.1. The molecule has 2 rings (SSSR count). The standard InChI is InChI=1S/C17H27N3O3S/c1-3-4-8-18-17(21)16-7-5-6-15(13-16)14-19-9-11-20(12-10-19)24(2,22)23/h5-7,13H,3-4,8-12,14H2,1-2H3,(H,18,21). The molecule has 0 spiro atoms. The number of piperazine rings is 1. The van der Waals surface area contributed by atoms with Gasteiger partial charge in [0.05, 0.1) is 6.26 Å². The topological polar surface area (TPSA) is 69.7 Å². The molecule has 1 aliphatic heterocycles. The molecule has 0 aromatic heterocycles. The van der Waals surface area contributed by atoms with Gasteiger partial charge in [0, 0.05) is 44.8 Å². The number of sulfonamides is 1. The van der Waals surface area contributed by atoms with Gasteiger partial charge in [-0.05, 0) is 24.1 Å². The van der Waals surface area contributed by atoms with Crippen molar-refractivity contribution in [3.63, 3.8) is 0 Å². The van der Waals surface area contributed by atoms with E-state index in [1.54, 1.807) is 0 Å². The molecule has 1 aliphatic rings. The van der Waals surface area contributed by atoms with Crippen molar-refractivity contribution < 1.29 is 13.2 Å². The molecule has 1 amide bonds. The summed E-state index contributed by atoms with van der Waals surface area (Å²) < 4.78 is 24.6. The molecule has 0 unspecified atom stereocenters. The lowest BCUT2D eigenvalue weighted by Crippen LogP contribution is -2.47. The zero-order valence-electron chi connectivity index (χ0n) is 14.5. The molecular formula is C17H27N3O3S. The SMILES string of the molecule is CCCCNC(=O)c1cccc(CN2CCN(S(C)(=O)=O)CC2)c1. The van der Waals surface area contributed by atoms with Gasteiger partial charge in [0.15, 0.2) is 0 Å². The van der Waals surface area contributed by atoms with Gasteiger partial charge in [0.1, 0.15) is 0 Å². The molecular weight excluding hydrogens is 326 g/mol. The number of rotatable bonds is 7. The van der Waals surface area contributed by atoms with Gasteiger partial charge in [-0.15, -0.1) is 0 Å². The van der Waals surface area contributed by atoms with Crippen molar-refractivity contribution >= 4 is 15.9 Å². The van der Waals surface area contributed by atoms with Crippen LogP contribution in [0.5, 0.6) is 0 Å². The zero-order chi connectivity index (χ0) is 17.6. The van der Waals surface area contributed by atoms with Crippen molar-refractivity contribution in [1.29, 1.82) is 0 Å². The van der Waals surface area contributed by atoms with Crippen molar-refractivity contribution in [2.45, 2.75) is 26.3 Å². The van der Waals surface area contributed by atoms with Gasteiger partial charge in [-0.3, -0.25) is 9.69 Å². The summed E-state index contributed by atoms with van der Waals surface area (Å²) in [5.41, 5.74) is 1.75. The van der Waals surface area contributed by atoms with Gasteiger partial charge in [-0.2, -0.15) is 4.31 Å². The van der Waals surface area contributed by atoms with E-state index in [0.717, 1.165) is 24.9 Å². The Hall–Kier alpha value is -1.44. The maximum Gasteiger partial charge on any atom is 0.251 e. The minimum Gasteiger partial charge on any atom is -0.352 e. The van der Waals surface area contributed by atoms with E-state index in [4.69, 9.17) is 0 Å². The fourth-order valence-corrected chi connectivity index (χ4v) is 3.60. The average molecular weight is 353 g/mol. The monoisotopic (exact) mass is 353 g/mol. The molecule has 7 heteroatoms. The third kappa shape index (κ3) is 5.58. The highest BCUT2D eigenvalue weighted by molar-refractivity contribution is 7.88. The Bertz CT molecular complexity index is 653. The molecule has 1 aromatic rings. The maximum absolute atomic E-state index is 12.1. The van der Waals surface area contributed by atoms with Crippen LogP contribution in [-0.2, 0) is 16.6 Å². The normalized spacial score (nSPS) is 16.9. The van der Waals surface area contributed by atoms with Crippen LogP contribution in [0.15, 0.2) is 24.3 Å². The minimum absolute atomic E-state index is 0.0350. The van der Waals surface area contributed by atoms with Gasteiger partial charge in [-0.25, -0.2) is 8.42 Å². The molecule has 1 N–H and O–H groups in total. The number of hydrogen-bond acceptors (Lipinski definition) is 4. The van der Waals surface area contributed by atoms with Crippen molar-refractivity contribution in [3.05, 3.63) is 35.4 Å². The van der Waals surface area contributed by atoms with Gasteiger partial charge >= 0.3 is 0 Å². The zero-order valence-corrected chi connectivity index (χ0v) is 15.3. The van der Waals surface area contributed by atoms with Crippen molar-refractivity contribution in [2.75, 3.05) is 39.0 Å². The van der Waals surface area contributed by atoms with Crippen LogP contribution >= 0.6 is 0 Å². The van der Waals surface area contributed by atoms with Crippen molar-refractivity contribution in [1.82, 2.24) is 14.5 Å². The van der Waals surface area contributed by atoms with E-state index in [9.17, 15) is 13.2 Å². The molecule has 1 heterocycles. The summed E-state index contributed by atoms with van der Waals surface area (Å²) in [5, 5.41) is 2.93. The van der Waals surface area contributed by atoms with E-state index < -0.39 is 10.0 Å². The molecule has 0 atom stereocenters. The summed E-state index contributed by atoms with van der Waals surface area (Å²) in [4.78, 5) is 14.3. The summed E-state index contributed by atoms with van der Waals surface area (Å²) in [6.07, 6.45) is 3.29. The number of benzene rings is 1. The van der Waals surface area contributed by atoms with Crippen molar-refractivity contribution in [2.24, 2.45) is 0 Å². The first-order valence-electron chi connectivity index (χ1n) is 8.44. The minimum atomic E-state index is -3.10. The van der Waals surface area contributed by atoms with Gasteiger partial charge in [0.2, 0.25) is 10.0 Å². The first-order valence-corrected chi connectivity index (χ1v) is 10.3. The maximum atomic E-state index is 12.1. The molecule has 6 nitrogen and oxygen atoms in total. The fraction of sp³-hybridized carbons (Fsp3) is 0.588. The van der Waals surface area contributed by atoms with E-state index in [0.29, 0.717) is 38.3 Å². The Balaban J connectivity index is 1.90. The summed E-state index contributed by atoms with van der Waals surface area (Å²) in [5.74, 6) is -0.0350. The Morgan fingerprint density at radius 3 is 2.54 bits per heavy atom. The molecule has 0 aliphatic carbocycles. The van der Waals surface area contributed by atoms with Crippen LogP contribution in [0.1, 0.15) is 35.7 Å². The molecule has 1 aromatic carbocycles. The van der Waals surface area contributed by atoms with Gasteiger partial charge < -0.3 is 5.32 Å². The molecule has 0 bridgehead atoms. The van der Waals surface area contributed by atoms with Crippen LogP contribution < -0.4 is 5.32 Å². The lowest BCUT2D eigenvalue weighted by molar-refractivity contribution is 0.0953. The van der Waals surface area contributed by atoms with E-state index >= 15 is 0 Å². The first kappa shape index (κ1) is 18.9. The number of carbonyl (C=O) groups excluding carboxylic acids is 1. The number of amides is 1. The fourth-order valence-electron chi connectivity index (χ4n) is 2.77. The Kier molecular flexibility index (Phi) is 6.77. The molecule has 24 heavy (non-hydrogen) atoms. The Morgan fingerprint density at radius 1 is 1.21 bits per heavy atom. The predicted octanol–water partition coefficient (Wildman–Crippen LogP) is 1.29. The smallest absolute Gasteiger partial charge is 0.251 e. The van der Waals surface area contributed by atoms with Crippen LogP contribution in [0, 0.1) is 0 Å². The molecule has 134 valence electrons. The number of hydrogen-bond donors (Lipinski definition) is 1. The molecule has 0 radical (unpaired) electrons.